The Morgan fingerprint density at radius 3 is 2.64 bits per heavy atom. The summed E-state index contributed by atoms with van der Waals surface area (Å²) in [5, 5.41) is 12.4. The standard InChI is InChI=1S/C8H16FNO/c1-8(2)6(5-7(8)11)10-4-3-9/h6-7,10-11H,3-5H2,1-2H3. The van der Waals surface area contributed by atoms with Crippen molar-refractivity contribution in [1.82, 2.24) is 5.32 Å². The second kappa shape index (κ2) is 3.07. The molecule has 1 fully saturated rings. The van der Waals surface area contributed by atoms with E-state index in [0.717, 1.165) is 6.42 Å². The summed E-state index contributed by atoms with van der Waals surface area (Å²) in [6.45, 7) is 4.07. The van der Waals surface area contributed by atoms with Gasteiger partial charge in [0.25, 0.3) is 0 Å². The third kappa shape index (κ3) is 1.54. The van der Waals surface area contributed by atoms with Crippen LogP contribution in [0.4, 0.5) is 4.39 Å². The van der Waals surface area contributed by atoms with Gasteiger partial charge < -0.3 is 10.4 Å². The molecule has 2 N–H and O–H groups in total. The molecule has 0 saturated heterocycles. The SMILES string of the molecule is CC1(C)C(O)CC1NCCF. The fraction of sp³-hybridized carbons (Fsp3) is 1.00. The summed E-state index contributed by atoms with van der Waals surface area (Å²) in [5.74, 6) is 0. The second-order valence-electron chi connectivity index (χ2n) is 3.77. The summed E-state index contributed by atoms with van der Waals surface area (Å²) in [6.07, 6.45) is 0.534. The average Bonchev–Trinajstić information content (AvgIpc) is 1.97. The van der Waals surface area contributed by atoms with Gasteiger partial charge in [0, 0.05) is 18.0 Å². The number of halogens is 1. The molecule has 0 aromatic heterocycles. The Labute approximate surface area is 66.8 Å². The topological polar surface area (TPSA) is 32.3 Å². The van der Waals surface area contributed by atoms with Crippen LogP contribution < -0.4 is 5.32 Å². The van der Waals surface area contributed by atoms with Crippen molar-refractivity contribution < 1.29 is 9.50 Å². The smallest absolute Gasteiger partial charge is 0.102 e. The molecule has 0 aromatic rings. The molecule has 0 amide bonds. The molecule has 2 atom stereocenters. The van der Waals surface area contributed by atoms with E-state index < -0.39 is 0 Å². The molecule has 1 aliphatic rings. The number of hydrogen-bond donors (Lipinski definition) is 2. The first-order valence-electron chi connectivity index (χ1n) is 4.06. The molecule has 1 rings (SSSR count). The van der Waals surface area contributed by atoms with Gasteiger partial charge in [0.1, 0.15) is 6.67 Å². The second-order valence-corrected chi connectivity index (χ2v) is 3.77. The Hall–Kier alpha value is -0.150. The van der Waals surface area contributed by atoms with Gasteiger partial charge in [-0.05, 0) is 6.42 Å². The number of rotatable bonds is 3. The highest BCUT2D eigenvalue weighted by molar-refractivity contribution is 5.01. The summed E-state index contributed by atoms with van der Waals surface area (Å²) < 4.78 is 11.7. The third-order valence-corrected chi connectivity index (χ3v) is 2.70. The van der Waals surface area contributed by atoms with Crippen LogP contribution in [0.2, 0.25) is 0 Å². The van der Waals surface area contributed by atoms with E-state index in [0.29, 0.717) is 6.54 Å². The van der Waals surface area contributed by atoms with E-state index in [4.69, 9.17) is 0 Å². The molecule has 0 heterocycles. The minimum atomic E-state index is -0.331. The van der Waals surface area contributed by atoms with E-state index in [1.165, 1.54) is 0 Å². The number of alkyl halides is 1. The van der Waals surface area contributed by atoms with Crippen molar-refractivity contribution in [3.8, 4) is 0 Å². The number of aliphatic hydroxyl groups is 1. The van der Waals surface area contributed by atoms with Crippen molar-refractivity contribution in [3.63, 3.8) is 0 Å². The van der Waals surface area contributed by atoms with Gasteiger partial charge in [-0.1, -0.05) is 13.8 Å². The van der Waals surface area contributed by atoms with Gasteiger partial charge in [-0.25, -0.2) is 4.39 Å². The van der Waals surface area contributed by atoms with E-state index >= 15 is 0 Å². The highest BCUT2D eigenvalue weighted by Gasteiger charge is 2.46. The zero-order chi connectivity index (χ0) is 8.48. The molecule has 0 aromatic carbocycles. The predicted molar refractivity (Wildman–Crippen MR) is 42.2 cm³/mol. The maximum absolute atomic E-state index is 11.7. The van der Waals surface area contributed by atoms with Gasteiger partial charge in [0.15, 0.2) is 0 Å². The van der Waals surface area contributed by atoms with Crippen LogP contribution in [0.1, 0.15) is 20.3 Å². The lowest BCUT2D eigenvalue weighted by Gasteiger charge is -2.49. The van der Waals surface area contributed by atoms with Crippen molar-refractivity contribution in [1.29, 1.82) is 0 Å². The highest BCUT2D eigenvalue weighted by Crippen LogP contribution is 2.40. The quantitative estimate of drug-likeness (QED) is 0.638. The number of aliphatic hydroxyl groups excluding tert-OH is 1. The number of nitrogens with one attached hydrogen (secondary N) is 1. The first kappa shape index (κ1) is 8.94. The summed E-state index contributed by atoms with van der Waals surface area (Å²) in [4.78, 5) is 0. The Morgan fingerprint density at radius 1 is 1.64 bits per heavy atom. The highest BCUT2D eigenvalue weighted by atomic mass is 19.1. The molecular formula is C8H16FNO. The zero-order valence-corrected chi connectivity index (χ0v) is 7.10. The lowest BCUT2D eigenvalue weighted by molar-refractivity contribution is -0.0724. The Bertz CT molecular complexity index is 138. The summed E-state index contributed by atoms with van der Waals surface area (Å²) in [6, 6.07) is 0.285. The first-order chi connectivity index (χ1) is 5.09. The van der Waals surface area contributed by atoms with Crippen LogP contribution in [-0.4, -0.2) is 30.5 Å². The molecular weight excluding hydrogens is 145 g/mol. The molecule has 66 valence electrons. The van der Waals surface area contributed by atoms with E-state index in [-0.39, 0.29) is 24.2 Å². The van der Waals surface area contributed by atoms with E-state index in [2.05, 4.69) is 5.32 Å². The van der Waals surface area contributed by atoms with Crippen LogP contribution in [0.25, 0.3) is 0 Å². The summed E-state index contributed by atoms with van der Waals surface area (Å²) in [5.41, 5.74) is -0.0742. The van der Waals surface area contributed by atoms with Crippen LogP contribution >= 0.6 is 0 Å². The Kier molecular flexibility index (Phi) is 2.50. The molecule has 2 unspecified atom stereocenters. The lowest BCUT2D eigenvalue weighted by atomic mass is 9.64. The predicted octanol–water partition coefficient (Wildman–Crippen LogP) is 0.705. The van der Waals surface area contributed by atoms with Gasteiger partial charge in [0.05, 0.1) is 6.10 Å². The molecule has 11 heavy (non-hydrogen) atoms. The van der Waals surface area contributed by atoms with Gasteiger partial charge in [0.2, 0.25) is 0 Å². The zero-order valence-electron chi connectivity index (χ0n) is 7.10. The van der Waals surface area contributed by atoms with Crippen LogP contribution in [0.15, 0.2) is 0 Å². The summed E-state index contributed by atoms with van der Waals surface area (Å²) >= 11 is 0. The third-order valence-electron chi connectivity index (χ3n) is 2.70. The molecule has 0 spiro atoms. The molecule has 0 aliphatic heterocycles. The van der Waals surface area contributed by atoms with Gasteiger partial charge in [-0.3, -0.25) is 0 Å². The largest absolute Gasteiger partial charge is 0.392 e. The van der Waals surface area contributed by atoms with Gasteiger partial charge in [-0.2, -0.15) is 0 Å². The lowest BCUT2D eigenvalue weighted by Crippen LogP contribution is -2.60. The Morgan fingerprint density at radius 2 is 2.27 bits per heavy atom. The summed E-state index contributed by atoms with van der Waals surface area (Å²) in [7, 11) is 0. The van der Waals surface area contributed by atoms with Crippen molar-refractivity contribution in [3.05, 3.63) is 0 Å². The van der Waals surface area contributed by atoms with Crippen LogP contribution in [0.3, 0.4) is 0 Å². The fourth-order valence-corrected chi connectivity index (χ4v) is 1.48. The van der Waals surface area contributed by atoms with Crippen molar-refractivity contribution >= 4 is 0 Å². The van der Waals surface area contributed by atoms with Gasteiger partial charge >= 0.3 is 0 Å². The van der Waals surface area contributed by atoms with E-state index in [1.54, 1.807) is 0 Å². The molecule has 0 bridgehead atoms. The number of hydrogen-bond acceptors (Lipinski definition) is 2. The van der Waals surface area contributed by atoms with Crippen molar-refractivity contribution in [2.45, 2.75) is 32.4 Å². The van der Waals surface area contributed by atoms with Gasteiger partial charge in [-0.15, -0.1) is 0 Å². The Balaban J connectivity index is 2.28. The first-order valence-corrected chi connectivity index (χ1v) is 4.06. The fourth-order valence-electron chi connectivity index (χ4n) is 1.48. The average molecular weight is 161 g/mol. The van der Waals surface area contributed by atoms with Crippen LogP contribution in [0.5, 0.6) is 0 Å². The molecule has 1 saturated carbocycles. The molecule has 1 aliphatic carbocycles. The van der Waals surface area contributed by atoms with Crippen molar-refractivity contribution in [2.24, 2.45) is 5.41 Å². The minimum absolute atomic E-state index is 0.0742. The maximum atomic E-state index is 11.7. The van der Waals surface area contributed by atoms with Crippen molar-refractivity contribution in [2.75, 3.05) is 13.2 Å². The molecule has 3 heteroatoms. The maximum Gasteiger partial charge on any atom is 0.102 e. The molecule has 2 nitrogen and oxygen atoms in total. The molecule has 0 radical (unpaired) electrons. The van der Waals surface area contributed by atoms with Crippen LogP contribution in [-0.2, 0) is 0 Å². The van der Waals surface area contributed by atoms with Crippen LogP contribution in [0, 0.1) is 5.41 Å². The van der Waals surface area contributed by atoms with E-state index in [1.807, 2.05) is 13.8 Å². The minimum Gasteiger partial charge on any atom is -0.392 e. The monoisotopic (exact) mass is 161 g/mol. The van der Waals surface area contributed by atoms with E-state index in [9.17, 15) is 9.50 Å². The normalized spacial score (nSPS) is 34.9.